The van der Waals surface area contributed by atoms with Crippen LogP contribution in [-0.2, 0) is 10.2 Å². The van der Waals surface area contributed by atoms with Crippen molar-refractivity contribution in [3.8, 4) is 5.75 Å². The Balaban J connectivity index is 1.86. The van der Waals surface area contributed by atoms with Gasteiger partial charge in [0.15, 0.2) is 0 Å². The molecule has 0 heterocycles. The molecule has 0 radical (unpaired) electrons. The first-order valence-corrected chi connectivity index (χ1v) is 10.6. The molecule has 0 spiro atoms. The Morgan fingerprint density at radius 1 is 1.17 bits per heavy atom. The van der Waals surface area contributed by atoms with Crippen molar-refractivity contribution in [2.24, 2.45) is 0 Å². The van der Waals surface area contributed by atoms with Gasteiger partial charge in [-0.15, -0.1) is 0 Å². The quantitative estimate of drug-likeness (QED) is 0.459. The Hall–Kier alpha value is -2.89. The maximum Gasteiger partial charge on any atom is 0.269 e. The molecule has 1 N–H and O–H groups in total. The Labute approximate surface area is 177 Å². The molecule has 160 valence electrons. The third-order valence-corrected chi connectivity index (χ3v) is 6.13. The van der Waals surface area contributed by atoms with Gasteiger partial charge >= 0.3 is 0 Å². The van der Waals surface area contributed by atoms with E-state index >= 15 is 0 Å². The van der Waals surface area contributed by atoms with E-state index in [1.54, 1.807) is 12.1 Å². The summed E-state index contributed by atoms with van der Waals surface area (Å²) < 4.78 is 6.04. The number of non-ortho nitro benzene ring substituents is 1. The lowest BCUT2D eigenvalue weighted by atomic mass is 9.78. The number of nitro groups is 1. The highest BCUT2D eigenvalue weighted by Gasteiger charge is 2.43. The van der Waals surface area contributed by atoms with E-state index in [0.29, 0.717) is 0 Å². The number of amides is 1. The Kier molecular flexibility index (Phi) is 6.44. The lowest BCUT2D eigenvalue weighted by Crippen LogP contribution is -2.38. The summed E-state index contributed by atoms with van der Waals surface area (Å²) in [5, 5.41) is 14.1. The first kappa shape index (κ1) is 21.8. The summed E-state index contributed by atoms with van der Waals surface area (Å²) in [5.41, 5.74) is 2.95. The van der Waals surface area contributed by atoms with E-state index in [-0.39, 0.29) is 17.7 Å². The van der Waals surface area contributed by atoms with Crippen molar-refractivity contribution in [2.45, 2.75) is 71.3 Å². The molecule has 1 aliphatic carbocycles. The average Bonchev–Trinajstić information content (AvgIpc) is 3.22. The molecule has 1 aliphatic rings. The number of benzene rings is 2. The van der Waals surface area contributed by atoms with Gasteiger partial charge in [0.1, 0.15) is 5.75 Å². The van der Waals surface area contributed by atoms with Gasteiger partial charge in [-0.1, -0.05) is 31.9 Å². The van der Waals surface area contributed by atoms with Crippen molar-refractivity contribution in [3.63, 3.8) is 0 Å². The van der Waals surface area contributed by atoms with Gasteiger partial charge in [0.05, 0.1) is 16.4 Å². The van der Waals surface area contributed by atoms with E-state index < -0.39 is 10.3 Å². The highest BCUT2D eigenvalue weighted by atomic mass is 16.6. The van der Waals surface area contributed by atoms with Crippen LogP contribution < -0.4 is 10.1 Å². The molecule has 2 aromatic carbocycles. The molecule has 0 bridgehead atoms. The molecule has 3 rings (SSSR count). The lowest BCUT2D eigenvalue weighted by Gasteiger charge is -2.28. The standard InChI is InChI=1S/C24H30N2O4/c1-5-18(4)30-22-16(2)14-20(15-17(22)3)25-23(27)24(12-6-7-13-24)19-8-10-21(11-9-19)26(28)29/h8-11,14-15,18H,5-7,12-13H2,1-4H3,(H,25,27)/t18-/m0/s1. The van der Waals surface area contributed by atoms with E-state index in [2.05, 4.69) is 12.2 Å². The smallest absolute Gasteiger partial charge is 0.269 e. The largest absolute Gasteiger partial charge is 0.490 e. The summed E-state index contributed by atoms with van der Waals surface area (Å²) in [6, 6.07) is 10.3. The molecular weight excluding hydrogens is 380 g/mol. The molecule has 1 saturated carbocycles. The molecule has 2 aromatic rings. The Bertz CT molecular complexity index is 908. The second kappa shape index (κ2) is 8.86. The molecule has 6 nitrogen and oxygen atoms in total. The highest BCUT2D eigenvalue weighted by molar-refractivity contribution is 5.99. The first-order chi connectivity index (χ1) is 14.3. The van der Waals surface area contributed by atoms with Gasteiger partial charge < -0.3 is 10.1 Å². The summed E-state index contributed by atoms with van der Waals surface area (Å²) in [4.78, 5) is 24.0. The van der Waals surface area contributed by atoms with Gasteiger partial charge in [-0.3, -0.25) is 14.9 Å². The number of anilines is 1. The highest BCUT2D eigenvalue weighted by Crippen LogP contribution is 2.42. The molecule has 0 aliphatic heterocycles. The number of nitro benzene ring substituents is 1. The van der Waals surface area contributed by atoms with Crippen LogP contribution in [0.3, 0.4) is 0 Å². The van der Waals surface area contributed by atoms with Crippen LogP contribution in [0.4, 0.5) is 11.4 Å². The van der Waals surface area contributed by atoms with Crippen molar-refractivity contribution in [1.29, 1.82) is 0 Å². The maximum absolute atomic E-state index is 13.4. The van der Waals surface area contributed by atoms with E-state index in [1.807, 2.05) is 32.9 Å². The minimum Gasteiger partial charge on any atom is -0.490 e. The van der Waals surface area contributed by atoms with Crippen molar-refractivity contribution >= 4 is 17.3 Å². The SMILES string of the molecule is CC[C@H](C)Oc1c(C)cc(NC(=O)C2(c3ccc([N+](=O)[O-])cc3)CCCC2)cc1C. The van der Waals surface area contributed by atoms with Crippen LogP contribution >= 0.6 is 0 Å². The van der Waals surface area contributed by atoms with Crippen molar-refractivity contribution in [3.05, 3.63) is 63.2 Å². The van der Waals surface area contributed by atoms with Gasteiger partial charge in [-0.2, -0.15) is 0 Å². The molecule has 0 unspecified atom stereocenters. The zero-order valence-corrected chi connectivity index (χ0v) is 18.2. The Morgan fingerprint density at radius 2 is 1.73 bits per heavy atom. The third-order valence-electron chi connectivity index (χ3n) is 6.13. The van der Waals surface area contributed by atoms with Crippen LogP contribution in [-0.4, -0.2) is 16.9 Å². The minimum atomic E-state index is -0.650. The van der Waals surface area contributed by atoms with Crippen LogP contribution in [0.5, 0.6) is 5.75 Å². The molecule has 1 atom stereocenters. The molecule has 30 heavy (non-hydrogen) atoms. The van der Waals surface area contributed by atoms with Gasteiger partial charge in [0.2, 0.25) is 5.91 Å². The number of rotatable bonds is 7. The summed E-state index contributed by atoms with van der Waals surface area (Å²) >= 11 is 0. The van der Waals surface area contributed by atoms with Gasteiger partial charge in [-0.05, 0) is 68.9 Å². The lowest BCUT2D eigenvalue weighted by molar-refractivity contribution is -0.384. The molecule has 0 aromatic heterocycles. The fourth-order valence-corrected chi connectivity index (χ4v) is 4.27. The number of aryl methyl sites for hydroxylation is 2. The summed E-state index contributed by atoms with van der Waals surface area (Å²) in [7, 11) is 0. The van der Waals surface area contributed by atoms with Crippen molar-refractivity contribution < 1.29 is 14.5 Å². The third kappa shape index (κ3) is 4.32. The second-order valence-corrected chi connectivity index (χ2v) is 8.32. The van der Waals surface area contributed by atoms with Crippen LogP contribution in [0, 0.1) is 24.0 Å². The van der Waals surface area contributed by atoms with Crippen LogP contribution in [0.15, 0.2) is 36.4 Å². The normalized spacial score (nSPS) is 16.1. The van der Waals surface area contributed by atoms with E-state index in [9.17, 15) is 14.9 Å². The molecule has 6 heteroatoms. The topological polar surface area (TPSA) is 81.5 Å². The maximum atomic E-state index is 13.4. The number of hydrogen-bond acceptors (Lipinski definition) is 4. The number of hydrogen-bond donors (Lipinski definition) is 1. The fourth-order valence-electron chi connectivity index (χ4n) is 4.27. The molecular formula is C24H30N2O4. The monoisotopic (exact) mass is 410 g/mol. The number of nitrogens with zero attached hydrogens (tertiary/aromatic N) is 1. The van der Waals surface area contributed by atoms with Crippen LogP contribution in [0.1, 0.15) is 62.6 Å². The first-order valence-electron chi connectivity index (χ1n) is 10.6. The number of carbonyl (C=O) groups is 1. The molecule has 0 saturated heterocycles. The van der Waals surface area contributed by atoms with Gasteiger partial charge in [0.25, 0.3) is 5.69 Å². The zero-order chi connectivity index (χ0) is 21.9. The predicted octanol–water partition coefficient (Wildman–Crippen LogP) is 5.84. The fraction of sp³-hybridized carbons (Fsp3) is 0.458. The van der Waals surface area contributed by atoms with E-state index in [4.69, 9.17) is 4.74 Å². The van der Waals surface area contributed by atoms with Gasteiger partial charge in [-0.25, -0.2) is 0 Å². The number of carbonyl (C=O) groups excluding carboxylic acids is 1. The van der Waals surface area contributed by atoms with Crippen molar-refractivity contribution in [1.82, 2.24) is 0 Å². The van der Waals surface area contributed by atoms with E-state index in [0.717, 1.165) is 60.2 Å². The summed E-state index contributed by atoms with van der Waals surface area (Å²) in [6.45, 7) is 8.11. The minimum absolute atomic E-state index is 0.0375. The summed E-state index contributed by atoms with van der Waals surface area (Å²) in [6.07, 6.45) is 4.46. The summed E-state index contributed by atoms with van der Waals surface area (Å²) in [5.74, 6) is 0.816. The average molecular weight is 411 g/mol. The van der Waals surface area contributed by atoms with Crippen LogP contribution in [0.2, 0.25) is 0 Å². The molecule has 1 fully saturated rings. The second-order valence-electron chi connectivity index (χ2n) is 8.32. The number of ether oxygens (including phenoxy) is 1. The van der Waals surface area contributed by atoms with E-state index in [1.165, 1.54) is 12.1 Å². The van der Waals surface area contributed by atoms with Crippen LogP contribution in [0.25, 0.3) is 0 Å². The van der Waals surface area contributed by atoms with Crippen molar-refractivity contribution in [2.75, 3.05) is 5.32 Å². The predicted molar refractivity (Wildman–Crippen MR) is 118 cm³/mol. The Morgan fingerprint density at radius 3 is 2.23 bits per heavy atom. The molecule has 1 amide bonds. The number of nitrogens with one attached hydrogen (secondary N) is 1. The zero-order valence-electron chi connectivity index (χ0n) is 18.2. The van der Waals surface area contributed by atoms with Gasteiger partial charge in [0, 0.05) is 17.8 Å².